The van der Waals surface area contributed by atoms with E-state index in [0.717, 1.165) is 18.4 Å². The van der Waals surface area contributed by atoms with Crippen LogP contribution in [0.2, 0.25) is 0 Å². The van der Waals surface area contributed by atoms with Crippen LogP contribution in [0.5, 0.6) is 0 Å². The first-order valence-electron chi connectivity index (χ1n) is 8.30. The number of hydrogen-bond donors (Lipinski definition) is 1. The van der Waals surface area contributed by atoms with Crippen LogP contribution < -0.4 is 5.32 Å². The second-order valence-corrected chi connectivity index (χ2v) is 6.28. The summed E-state index contributed by atoms with van der Waals surface area (Å²) in [6.45, 7) is 3.53. The summed E-state index contributed by atoms with van der Waals surface area (Å²) in [5, 5.41) is 2.92. The molecule has 1 aliphatic rings. The Bertz CT molecular complexity index is 742. The number of benzene rings is 2. The molecule has 2 aromatic carbocycles. The van der Waals surface area contributed by atoms with Crippen LogP contribution in [0.4, 0.5) is 0 Å². The molecule has 1 N–H and O–H groups in total. The monoisotopic (exact) mass is 322 g/mol. The SMILES string of the molecule is CC(=O)N[C@@H]1c2ccccc2C(=O)N1[C@H](C)CCc1ccccc1. The largest absolute Gasteiger partial charge is 0.332 e. The third kappa shape index (κ3) is 3.18. The van der Waals surface area contributed by atoms with Gasteiger partial charge in [0, 0.05) is 24.1 Å². The van der Waals surface area contributed by atoms with Gasteiger partial charge in [-0.1, -0.05) is 48.5 Å². The maximum atomic E-state index is 12.8. The zero-order valence-corrected chi connectivity index (χ0v) is 14.0. The van der Waals surface area contributed by atoms with Crippen LogP contribution in [0.25, 0.3) is 0 Å². The molecule has 0 aliphatic carbocycles. The van der Waals surface area contributed by atoms with Crippen LogP contribution in [0.3, 0.4) is 0 Å². The van der Waals surface area contributed by atoms with Crippen molar-refractivity contribution in [1.82, 2.24) is 10.2 Å². The standard InChI is InChI=1S/C20H22N2O2/c1-14(12-13-16-8-4-3-5-9-16)22-19(21-15(2)23)17-10-6-7-11-18(17)20(22)24/h3-11,14,19H,12-13H2,1-2H3,(H,21,23)/t14-,19+/m1/s1. The fourth-order valence-corrected chi connectivity index (χ4v) is 3.29. The molecular weight excluding hydrogens is 300 g/mol. The summed E-state index contributed by atoms with van der Waals surface area (Å²) in [6, 6.07) is 17.8. The van der Waals surface area contributed by atoms with E-state index in [-0.39, 0.29) is 24.0 Å². The van der Waals surface area contributed by atoms with Crippen molar-refractivity contribution in [3.8, 4) is 0 Å². The summed E-state index contributed by atoms with van der Waals surface area (Å²) in [6.07, 6.45) is 1.37. The van der Waals surface area contributed by atoms with Crippen molar-refractivity contribution in [3.05, 3.63) is 71.3 Å². The van der Waals surface area contributed by atoms with Crippen molar-refractivity contribution >= 4 is 11.8 Å². The topological polar surface area (TPSA) is 49.4 Å². The van der Waals surface area contributed by atoms with Gasteiger partial charge < -0.3 is 10.2 Å². The molecule has 0 saturated heterocycles. The summed E-state index contributed by atoms with van der Waals surface area (Å²) < 4.78 is 0. The van der Waals surface area contributed by atoms with Crippen molar-refractivity contribution in [2.45, 2.75) is 38.9 Å². The predicted molar refractivity (Wildman–Crippen MR) is 93.4 cm³/mol. The Morgan fingerprint density at radius 3 is 2.50 bits per heavy atom. The van der Waals surface area contributed by atoms with Crippen LogP contribution in [0.15, 0.2) is 54.6 Å². The maximum Gasteiger partial charge on any atom is 0.256 e. The molecule has 3 rings (SSSR count). The molecule has 0 saturated carbocycles. The lowest BCUT2D eigenvalue weighted by Crippen LogP contribution is -2.43. The lowest BCUT2D eigenvalue weighted by Gasteiger charge is -2.31. The molecule has 0 bridgehead atoms. The lowest BCUT2D eigenvalue weighted by atomic mass is 10.0. The Balaban J connectivity index is 1.80. The average Bonchev–Trinajstić information content (AvgIpc) is 2.86. The highest BCUT2D eigenvalue weighted by Gasteiger charge is 2.39. The molecule has 0 radical (unpaired) electrons. The number of rotatable bonds is 5. The van der Waals surface area contributed by atoms with Crippen LogP contribution in [0.1, 0.15) is 47.9 Å². The van der Waals surface area contributed by atoms with Gasteiger partial charge in [0.05, 0.1) is 0 Å². The number of carbonyl (C=O) groups is 2. The van der Waals surface area contributed by atoms with Crippen LogP contribution in [-0.2, 0) is 11.2 Å². The summed E-state index contributed by atoms with van der Waals surface area (Å²) >= 11 is 0. The van der Waals surface area contributed by atoms with Gasteiger partial charge in [0.1, 0.15) is 6.17 Å². The van der Waals surface area contributed by atoms with E-state index in [2.05, 4.69) is 17.4 Å². The summed E-state index contributed by atoms with van der Waals surface area (Å²) in [7, 11) is 0. The predicted octanol–water partition coefficient (Wildman–Crippen LogP) is 3.30. The van der Waals surface area contributed by atoms with E-state index in [9.17, 15) is 9.59 Å². The zero-order valence-electron chi connectivity index (χ0n) is 14.0. The summed E-state index contributed by atoms with van der Waals surface area (Å²) in [4.78, 5) is 26.2. The minimum absolute atomic E-state index is 0.00934. The summed E-state index contributed by atoms with van der Waals surface area (Å²) in [5.74, 6) is -0.144. The van der Waals surface area contributed by atoms with Crippen LogP contribution >= 0.6 is 0 Å². The number of amides is 2. The van der Waals surface area contributed by atoms with E-state index in [1.807, 2.05) is 49.4 Å². The molecule has 4 heteroatoms. The molecule has 4 nitrogen and oxygen atoms in total. The highest BCUT2D eigenvalue weighted by Crippen LogP contribution is 2.34. The fraction of sp³-hybridized carbons (Fsp3) is 0.300. The van der Waals surface area contributed by atoms with Crippen molar-refractivity contribution < 1.29 is 9.59 Å². The smallest absolute Gasteiger partial charge is 0.256 e. The number of nitrogens with one attached hydrogen (secondary N) is 1. The average molecular weight is 322 g/mol. The molecule has 0 unspecified atom stereocenters. The molecule has 0 fully saturated rings. The molecule has 2 amide bonds. The first kappa shape index (κ1) is 16.2. The van der Waals surface area contributed by atoms with Crippen LogP contribution in [0, 0.1) is 0 Å². The van der Waals surface area contributed by atoms with Crippen molar-refractivity contribution in [2.24, 2.45) is 0 Å². The number of aryl methyl sites for hydroxylation is 1. The van der Waals surface area contributed by atoms with Crippen molar-refractivity contribution in [1.29, 1.82) is 0 Å². The van der Waals surface area contributed by atoms with Crippen molar-refractivity contribution in [3.63, 3.8) is 0 Å². The molecule has 1 heterocycles. The van der Waals surface area contributed by atoms with Gasteiger partial charge in [0.15, 0.2) is 0 Å². The van der Waals surface area contributed by atoms with Gasteiger partial charge in [0.2, 0.25) is 5.91 Å². The molecule has 24 heavy (non-hydrogen) atoms. The van der Waals surface area contributed by atoms with Gasteiger partial charge in [0.25, 0.3) is 5.91 Å². The number of hydrogen-bond acceptors (Lipinski definition) is 2. The van der Waals surface area contributed by atoms with Gasteiger partial charge in [-0.05, 0) is 31.4 Å². The summed E-state index contributed by atoms with van der Waals surface area (Å²) in [5.41, 5.74) is 2.82. The van der Waals surface area contributed by atoms with E-state index in [4.69, 9.17) is 0 Å². The number of nitrogens with zero attached hydrogens (tertiary/aromatic N) is 1. The second-order valence-electron chi connectivity index (χ2n) is 6.28. The Morgan fingerprint density at radius 1 is 1.12 bits per heavy atom. The van der Waals surface area contributed by atoms with E-state index in [0.29, 0.717) is 5.56 Å². The van der Waals surface area contributed by atoms with Gasteiger partial charge in [-0.3, -0.25) is 9.59 Å². The number of fused-ring (bicyclic) bond motifs is 1. The van der Waals surface area contributed by atoms with E-state index < -0.39 is 0 Å². The molecule has 1 aliphatic heterocycles. The molecule has 0 aromatic heterocycles. The minimum Gasteiger partial charge on any atom is -0.332 e. The van der Waals surface area contributed by atoms with Crippen LogP contribution in [-0.4, -0.2) is 22.8 Å². The molecule has 2 aromatic rings. The van der Waals surface area contributed by atoms with Gasteiger partial charge in [-0.2, -0.15) is 0 Å². The Hall–Kier alpha value is -2.62. The van der Waals surface area contributed by atoms with Gasteiger partial charge in [-0.25, -0.2) is 0 Å². The van der Waals surface area contributed by atoms with E-state index >= 15 is 0 Å². The third-order valence-corrected chi connectivity index (χ3v) is 4.51. The third-order valence-electron chi connectivity index (χ3n) is 4.51. The Kier molecular flexibility index (Phi) is 4.65. The normalized spacial score (nSPS) is 17.5. The molecular formula is C20H22N2O2. The molecule has 0 spiro atoms. The minimum atomic E-state index is -0.378. The zero-order chi connectivity index (χ0) is 17.1. The highest BCUT2D eigenvalue weighted by molar-refractivity contribution is 5.99. The maximum absolute atomic E-state index is 12.8. The number of carbonyl (C=O) groups excluding carboxylic acids is 2. The lowest BCUT2D eigenvalue weighted by molar-refractivity contribution is -0.120. The van der Waals surface area contributed by atoms with Gasteiger partial charge >= 0.3 is 0 Å². The van der Waals surface area contributed by atoms with Gasteiger partial charge in [-0.15, -0.1) is 0 Å². The molecule has 2 atom stereocenters. The first-order chi connectivity index (χ1) is 11.6. The van der Waals surface area contributed by atoms with E-state index in [1.54, 1.807) is 4.90 Å². The Labute approximate surface area is 142 Å². The highest BCUT2D eigenvalue weighted by atomic mass is 16.2. The van der Waals surface area contributed by atoms with Crippen molar-refractivity contribution in [2.75, 3.05) is 0 Å². The second kappa shape index (κ2) is 6.87. The fourth-order valence-electron chi connectivity index (χ4n) is 3.29. The first-order valence-corrected chi connectivity index (χ1v) is 8.30. The van der Waals surface area contributed by atoms with E-state index in [1.165, 1.54) is 12.5 Å². The quantitative estimate of drug-likeness (QED) is 0.918. The Morgan fingerprint density at radius 2 is 1.79 bits per heavy atom. The molecule has 124 valence electrons.